The highest BCUT2D eigenvalue weighted by molar-refractivity contribution is 5.55. The molecule has 178 valence electrons. The van der Waals surface area contributed by atoms with Crippen LogP contribution in [0.1, 0.15) is 41.3 Å². The fraction of sp³-hybridized carbons (Fsp3) is 0.296. The molecule has 1 aliphatic rings. The molecule has 1 aliphatic heterocycles. The van der Waals surface area contributed by atoms with E-state index in [0.29, 0.717) is 29.5 Å². The van der Waals surface area contributed by atoms with Gasteiger partial charge in [-0.25, -0.2) is 4.98 Å². The molecule has 8 heteroatoms. The van der Waals surface area contributed by atoms with Gasteiger partial charge >= 0.3 is 0 Å². The molecular weight excluding hydrogens is 442 g/mol. The third-order valence-electron chi connectivity index (χ3n) is 5.85. The van der Waals surface area contributed by atoms with Crippen LogP contribution in [-0.4, -0.2) is 56.0 Å². The lowest BCUT2D eigenvalue weighted by molar-refractivity contribution is 0.0342. The van der Waals surface area contributed by atoms with Crippen molar-refractivity contribution < 1.29 is 14.4 Å². The zero-order chi connectivity index (χ0) is 24.0. The molecule has 0 unspecified atom stereocenters. The smallest absolute Gasteiger partial charge is 0.157 e. The van der Waals surface area contributed by atoms with E-state index in [0.717, 1.165) is 44.0 Å². The summed E-state index contributed by atoms with van der Waals surface area (Å²) < 4.78 is 12.7. The number of aliphatic hydroxyl groups excluding tert-OH is 1. The van der Waals surface area contributed by atoms with Gasteiger partial charge in [-0.2, -0.15) is 0 Å². The Balaban J connectivity index is 1.20. The highest BCUT2D eigenvalue weighted by atomic mass is 16.5. The summed E-state index contributed by atoms with van der Waals surface area (Å²) in [6.45, 7) is 6.64. The Bertz CT molecular complexity index is 1310. The van der Waals surface area contributed by atoms with Crippen molar-refractivity contribution >= 4 is 0 Å². The highest BCUT2D eigenvalue weighted by Crippen LogP contribution is 2.19. The van der Waals surface area contributed by atoms with Crippen LogP contribution in [-0.2, 0) is 17.8 Å². The van der Waals surface area contributed by atoms with Crippen LogP contribution >= 0.6 is 0 Å². The maximum Gasteiger partial charge on any atom is 0.157 e. The number of ether oxygens (including phenoxy) is 1. The Morgan fingerprint density at radius 2 is 1.74 bits per heavy atom. The minimum absolute atomic E-state index is 0.433. The molecule has 3 aromatic heterocycles. The van der Waals surface area contributed by atoms with E-state index in [1.165, 1.54) is 5.56 Å². The van der Waals surface area contributed by atoms with Crippen LogP contribution in [0.5, 0.6) is 0 Å². The largest absolute Gasteiger partial charge is 0.385 e. The third-order valence-corrected chi connectivity index (χ3v) is 5.85. The van der Waals surface area contributed by atoms with E-state index >= 15 is 0 Å². The average Bonchev–Trinajstić information content (AvgIpc) is 3.55. The number of aliphatic hydroxyl groups is 1. The number of rotatable bonds is 6. The maximum atomic E-state index is 9.81. The first-order valence-corrected chi connectivity index (χ1v) is 11.7. The number of benzene rings is 1. The van der Waals surface area contributed by atoms with Crippen LogP contribution in [0, 0.1) is 11.8 Å². The maximum absolute atomic E-state index is 9.81. The van der Waals surface area contributed by atoms with Crippen molar-refractivity contribution in [2.45, 2.75) is 26.1 Å². The second-order valence-electron chi connectivity index (χ2n) is 8.54. The number of imidazole rings is 1. The summed E-state index contributed by atoms with van der Waals surface area (Å²) in [7, 11) is 0. The van der Waals surface area contributed by atoms with Crippen molar-refractivity contribution in [3.05, 3.63) is 89.3 Å². The topological polar surface area (TPSA) is 89.4 Å². The zero-order valence-electron chi connectivity index (χ0n) is 19.6. The van der Waals surface area contributed by atoms with Crippen LogP contribution < -0.4 is 0 Å². The second-order valence-corrected chi connectivity index (χ2v) is 8.54. The highest BCUT2D eigenvalue weighted by Gasteiger charge is 2.13. The standard InChI is InChI=1S/C27H27N5O3/c1-20(33)27-28-10-11-32(27)19-24-16-26(30-35-24)25-9-8-22(17-29-25)5-2-21-3-6-23(7-4-21)18-31-12-14-34-15-13-31/h3-4,6-11,16-17,20,33H,12-15,18-19H2,1H3/t20-/m0/s1. The van der Waals surface area contributed by atoms with Gasteiger partial charge in [-0.3, -0.25) is 9.88 Å². The average molecular weight is 470 g/mol. The van der Waals surface area contributed by atoms with Gasteiger partial charge in [-0.1, -0.05) is 29.1 Å². The predicted octanol–water partition coefficient (Wildman–Crippen LogP) is 3.27. The molecule has 0 bridgehead atoms. The number of hydrogen-bond donors (Lipinski definition) is 1. The zero-order valence-corrected chi connectivity index (χ0v) is 19.6. The first kappa shape index (κ1) is 23.0. The summed E-state index contributed by atoms with van der Waals surface area (Å²) >= 11 is 0. The van der Waals surface area contributed by atoms with Crippen LogP contribution in [0.2, 0.25) is 0 Å². The lowest BCUT2D eigenvalue weighted by Gasteiger charge is -2.26. The van der Waals surface area contributed by atoms with Crippen molar-refractivity contribution in [1.29, 1.82) is 0 Å². The van der Waals surface area contributed by atoms with Gasteiger partial charge in [0.25, 0.3) is 0 Å². The summed E-state index contributed by atoms with van der Waals surface area (Å²) in [6.07, 6.45) is 4.54. The van der Waals surface area contributed by atoms with Gasteiger partial charge in [0.1, 0.15) is 17.6 Å². The predicted molar refractivity (Wildman–Crippen MR) is 130 cm³/mol. The van der Waals surface area contributed by atoms with E-state index in [2.05, 4.69) is 56.1 Å². The number of aromatic nitrogens is 4. The van der Waals surface area contributed by atoms with Crippen LogP contribution in [0.4, 0.5) is 0 Å². The Morgan fingerprint density at radius 3 is 2.49 bits per heavy atom. The molecule has 1 aromatic carbocycles. The minimum atomic E-state index is -0.657. The Hall–Kier alpha value is -3.77. The van der Waals surface area contributed by atoms with E-state index in [4.69, 9.17) is 9.26 Å². The summed E-state index contributed by atoms with van der Waals surface area (Å²) in [5.41, 5.74) is 4.44. The van der Waals surface area contributed by atoms with E-state index < -0.39 is 6.10 Å². The third kappa shape index (κ3) is 5.84. The monoisotopic (exact) mass is 469 g/mol. The van der Waals surface area contributed by atoms with Crippen molar-refractivity contribution in [3.8, 4) is 23.2 Å². The number of hydrogen-bond acceptors (Lipinski definition) is 7. The van der Waals surface area contributed by atoms with Gasteiger partial charge in [-0.05, 0) is 36.8 Å². The quantitative estimate of drug-likeness (QED) is 0.434. The van der Waals surface area contributed by atoms with E-state index in [-0.39, 0.29) is 0 Å². The minimum Gasteiger partial charge on any atom is -0.385 e. The summed E-state index contributed by atoms with van der Waals surface area (Å²) in [4.78, 5) is 11.1. The molecule has 8 nitrogen and oxygen atoms in total. The lowest BCUT2D eigenvalue weighted by Crippen LogP contribution is -2.35. The number of pyridine rings is 1. The van der Waals surface area contributed by atoms with Gasteiger partial charge in [-0.15, -0.1) is 0 Å². The molecule has 1 saturated heterocycles. The van der Waals surface area contributed by atoms with Crippen molar-refractivity contribution in [2.24, 2.45) is 0 Å². The molecule has 5 rings (SSSR count). The molecule has 0 spiro atoms. The van der Waals surface area contributed by atoms with Gasteiger partial charge in [0.15, 0.2) is 5.76 Å². The second kappa shape index (κ2) is 10.7. The SMILES string of the molecule is C[C@H](O)c1nccn1Cc1cc(-c2ccc(C#Cc3ccc(CN4CCOCC4)cc3)cn2)no1. The van der Waals surface area contributed by atoms with Gasteiger partial charge in [0.05, 0.1) is 25.5 Å². The van der Waals surface area contributed by atoms with Gasteiger partial charge < -0.3 is 18.9 Å². The van der Waals surface area contributed by atoms with Gasteiger partial charge in [0.2, 0.25) is 0 Å². The van der Waals surface area contributed by atoms with E-state index in [9.17, 15) is 5.11 Å². The van der Waals surface area contributed by atoms with Crippen LogP contribution in [0.25, 0.3) is 11.4 Å². The Kier molecular flexibility index (Phi) is 7.00. The van der Waals surface area contributed by atoms with Gasteiger partial charge in [0, 0.05) is 55.4 Å². The summed E-state index contributed by atoms with van der Waals surface area (Å²) in [5.74, 6) is 7.62. The van der Waals surface area contributed by atoms with E-state index in [1.807, 2.05) is 22.8 Å². The Morgan fingerprint density at radius 1 is 0.971 bits per heavy atom. The fourth-order valence-electron chi connectivity index (χ4n) is 3.97. The molecule has 0 radical (unpaired) electrons. The molecular formula is C27H27N5O3. The molecule has 0 amide bonds. The molecule has 4 heterocycles. The molecule has 1 fully saturated rings. The van der Waals surface area contributed by atoms with Crippen molar-refractivity contribution in [3.63, 3.8) is 0 Å². The normalized spacial score (nSPS) is 14.9. The van der Waals surface area contributed by atoms with Crippen molar-refractivity contribution in [1.82, 2.24) is 24.6 Å². The summed E-state index contributed by atoms with van der Waals surface area (Å²) in [5, 5.41) is 13.9. The molecule has 35 heavy (non-hydrogen) atoms. The number of nitrogens with zero attached hydrogens (tertiary/aromatic N) is 5. The molecule has 4 aromatic rings. The molecule has 0 saturated carbocycles. The molecule has 1 N–H and O–H groups in total. The fourth-order valence-corrected chi connectivity index (χ4v) is 3.97. The van der Waals surface area contributed by atoms with Crippen LogP contribution in [0.15, 0.2) is 65.6 Å². The van der Waals surface area contributed by atoms with Crippen LogP contribution in [0.3, 0.4) is 0 Å². The molecule has 0 aliphatic carbocycles. The van der Waals surface area contributed by atoms with E-state index in [1.54, 1.807) is 25.5 Å². The summed E-state index contributed by atoms with van der Waals surface area (Å²) in [6, 6.07) is 14.1. The Labute approximate surface area is 204 Å². The first-order chi connectivity index (χ1) is 17.1. The molecule has 1 atom stereocenters. The lowest BCUT2D eigenvalue weighted by atomic mass is 10.1. The first-order valence-electron chi connectivity index (χ1n) is 11.7. The number of morpholine rings is 1. The van der Waals surface area contributed by atoms with Crippen molar-refractivity contribution in [2.75, 3.05) is 26.3 Å².